The Labute approximate surface area is 112 Å². The minimum atomic E-state index is -0.527. The van der Waals surface area contributed by atoms with E-state index in [2.05, 4.69) is 19.2 Å². The first kappa shape index (κ1) is 13.3. The van der Waals surface area contributed by atoms with Crippen LogP contribution in [0.15, 0.2) is 18.2 Å². The van der Waals surface area contributed by atoms with Gasteiger partial charge in [-0.1, -0.05) is 13.8 Å². The van der Waals surface area contributed by atoms with Crippen LogP contribution in [0, 0.1) is 26.9 Å². The standard InChI is InChI=1S/C14H17N3O2/c1-14(2)6-5-12(8-14)16-11-3-4-13(17(18)19)10(7-11)9-15/h3-4,7,12,16H,5-6,8H2,1-2H3. The Hall–Kier alpha value is -2.09. The summed E-state index contributed by atoms with van der Waals surface area (Å²) in [6, 6.07) is 6.87. The van der Waals surface area contributed by atoms with Crippen molar-refractivity contribution in [3.8, 4) is 6.07 Å². The summed E-state index contributed by atoms with van der Waals surface area (Å²) in [5.74, 6) is 0. The molecular formula is C14H17N3O2. The van der Waals surface area contributed by atoms with Gasteiger partial charge in [0.25, 0.3) is 5.69 Å². The zero-order chi connectivity index (χ0) is 14.0. The normalized spacial score (nSPS) is 20.8. The number of nitriles is 1. The van der Waals surface area contributed by atoms with Gasteiger partial charge >= 0.3 is 0 Å². The van der Waals surface area contributed by atoms with Gasteiger partial charge in [-0.15, -0.1) is 0 Å². The third-order valence-corrected chi connectivity index (χ3v) is 3.65. The first-order chi connectivity index (χ1) is 8.91. The van der Waals surface area contributed by atoms with E-state index in [1.165, 1.54) is 12.5 Å². The van der Waals surface area contributed by atoms with Gasteiger partial charge in [-0.3, -0.25) is 10.1 Å². The van der Waals surface area contributed by atoms with E-state index in [0.29, 0.717) is 11.5 Å². The van der Waals surface area contributed by atoms with E-state index in [0.717, 1.165) is 18.5 Å². The molecule has 1 saturated carbocycles. The summed E-state index contributed by atoms with van der Waals surface area (Å²) in [5.41, 5.74) is 1.09. The van der Waals surface area contributed by atoms with E-state index in [4.69, 9.17) is 5.26 Å². The third kappa shape index (κ3) is 3.02. The number of anilines is 1. The molecule has 0 bridgehead atoms. The second kappa shape index (κ2) is 4.88. The Morgan fingerprint density at radius 3 is 2.79 bits per heavy atom. The highest BCUT2D eigenvalue weighted by Crippen LogP contribution is 2.38. The average Bonchev–Trinajstić information content (AvgIpc) is 2.68. The van der Waals surface area contributed by atoms with E-state index in [1.54, 1.807) is 12.1 Å². The molecule has 5 nitrogen and oxygen atoms in total. The number of nitro groups is 1. The molecule has 1 aromatic rings. The maximum Gasteiger partial charge on any atom is 0.287 e. The van der Waals surface area contributed by atoms with E-state index < -0.39 is 4.92 Å². The summed E-state index contributed by atoms with van der Waals surface area (Å²) in [4.78, 5) is 10.2. The van der Waals surface area contributed by atoms with Gasteiger partial charge in [0, 0.05) is 17.8 Å². The fourth-order valence-corrected chi connectivity index (χ4v) is 2.67. The fourth-order valence-electron chi connectivity index (χ4n) is 2.67. The molecule has 0 heterocycles. The van der Waals surface area contributed by atoms with E-state index in [1.807, 2.05) is 6.07 Å². The van der Waals surface area contributed by atoms with Crippen molar-refractivity contribution in [2.24, 2.45) is 5.41 Å². The van der Waals surface area contributed by atoms with Crippen molar-refractivity contribution in [3.63, 3.8) is 0 Å². The molecule has 100 valence electrons. The van der Waals surface area contributed by atoms with E-state index >= 15 is 0 Å². The average molecular weight is 259 g/mol. The molecule has 0 radical (unpaired) electrons. The van der Waals surface area contributed by atoms with Gasteiger partial charge in [0.15, 0.2) is 0 Å². The van der Waals surface area contributed by atoms with Gasteiger partial charge in [-0.2, -0.15) is 5.26 Å². The minimum absolute atomic E-state index is 0.104. The first-order valence-electron chi connectivity index (χ1n) is 6.36. The quantitative estimate of drug-likeness (QED) is 0.666. The lowest BCUT2D eigenvalue weighted by atomic mass is 9.92. The number of hydrogen-bond donors (Lipinski definition) is 1. The maximum atomic E-state index is 10.8. The minimum Gasteiger partial charge on any atom is -0.382 e. The smallest absolute Gasteiger partial charge is 0.287 e. The highest BCUT2D eigenvalue weighted by Gasteiger charge is 2.30. The summed E-state index contributed by atoms with van der Waals surface area (Å²) >= 11 is 0. The van der Waals surface area contributed by atoms with Gasteiger partial charge in [-0.05, 0) is 36.8 Å². The molecule has 1 N–H and O–H groups in total. The highest BCUT2D eigenvalue weighted by molar-refractivity contribution is 5.59. The van der Waals surface area contributed by atoms with Crippen molar-refractivity contribution in [2.45, 2.75) is 39.2 Å². The molecule has 1 aromatic carbocycles. The number of hydrogen-bond acceptors (Lipinski definition) is 4. The van der Waals surface area contributed by atoms with E-state index in [9.17, 15) is 10.1 Å². The predicted octanol–water partition coefficient (Wildman–Crippen LogP) is 3.46. The molecule has 0 aliphatic heterocycles. The summed E-state index contributed by atoms with van der Waals surface area (Å²) in [5, 5.41) is 23.1. The summed E-state index contributed by atoms with van der Waals surface area (Å²) < 4.78 is 0. The fraction of sp³-hybridized carbons (Fsp3) is 0.500. The van der Waals surface area contributed by atoms with Gasteiger partial charge in [0.2, 0.25) is 0 Å². The van der Waals surface area contributed by atoms with Crippen molar-refractivity contribution in [1.82, 2.24) is 0 Å². The second-order valence-electron chi connectivity index (χ2n) is 5.85. The SMILES string of the molecule is CC1(C)CCC(Nc2ccc([N+](=O)[O-])c(C#N)c2)C1. The van der Waals surface area contributed by atoms with Crippen LogP contribution in [0.1, 0.15) is 38.7 Å². The molecule has 1 aliphatic carbocycles. The van der Waals surface area contributed by atoms with Crippen LogP contribution in [-0.2, 0) is 0 Å². The third-order valence-electron chi connectivity index (χ3n) is 3.65. The van der Waals surface area contributed by atoms with Gasteiger partial charge in [-0.25, -0.2) is 0 Å². The Balaban J connectivity index is 2.15. The van der Waals surface area contributed by atoms with Gasteiger partial charge in [0.1, 0.15) is 11.6 Å². The van der Waals surface area contributed by atoms with E-state index in [-0.39, 0.29) is 11.3 Å². The topological polar surface area (TPSA) is 79.0 Å². The summed E-state index contributed by atoms with van der Waals surface area (Å²) in [7, 11) is 0. The van der Waals surface area contributed by atoms with Crippen molar-refractivity contribution in [2.75, 3.05) is 5.32 Å². The molecule has 1 unspecified atom stereocenters. The Kier molecular flexibility index (Phi) is 3.43. The highest BCUT2D eigenvalue weighted by atomic mass is 16.6. The Morgan fingerprint density at radius 2 is 2.26 bits per heavy atom. The number of rotatable bonds is 3. The maximum absolute atomic E-state index is 10.8. The van der Waals surface area contributed by atoms with Crippen LogP contribution in [-0.4, -0.2) is 11.0 Å². The molecule has 0 saturated heterocycles. The zero-order valence-corrected chi connectivity index (χ0v) is 11.1. The van der Waals surface area contributed by atoms with Crippen LogP contribution in [0.4, 0.5) is 11.4 Å². The molecule has 0 spiro atoms. The number of nitrogens with zero attached hydrogens (tertiary/aromatic N) is 2. The number of nitrogens with one attached hydrogen (secondary N) is 1. The summed E-state index contributed by atoms with van der Waals surface area (Å²) in [6.45, 7) is 4.48. The van der Waals surface area contributed by atoms with Crippen molar-refractivity contribution in [1.29, 1.82) is 5.26 Å². The Bertz CT molecular complexity index is 546. The lowest BCUT2D eigenvalue weighted by Crippen LogP contribution is -2.17. The van der Waals surface area contributed by atoms with Crippen LogP contribution in [0.2, 0.25) is 0 Å². The lowest BCUT2D eigenvalue weighted by molar-refractivity contribution is -0.385. The molecule has 0 aromatic heterocycles. The van der Waals surface area contributed by atoms with Crippen LogP contribution in [0.25, 0.3) is 0 Å². The van der Waals surface area contributed by atoms with Crippen molar-refractivity contribution in [3.05, 3.63) is 33.9 Å². The molecule has 19 heavy (non-hydrogen) atoms. The molecule has 1 aliphatic rings. The molecular weight excluding hydrogens is 242 g/mol. The molecule has 1 atom stereocenters. The van der Waals surface area contributed by atoms with Crippen LogP contribution >= 0.6 is 0 Å². The predicted molar refractivity (Wildman–Crippen MR) is 72.9 cm³/mol. The van der Waals surface area contributed by atoms with Crippen LogP contribution < -0.4 is 5.32 Å². The van der Waals surface area contributed by atoms with Gasteiger partial charge in [0.05, 0.1) is 4.92 Å². The van der Waals surface area contributed by atoms with Crippen molar-refractivity contribution >= 4 is 11.4 Å². The largest absolute Gasteiger partial charge is 0.382 e. The van der Waals surface area contributed by atoms with Crippen LogP contribution in [0.5, 0.6) is 0 Å². The molecule has 1 fully saturated rings. The molecule has 5 heteroatoms. The molecule has 0 amide bonds. The lowest BCUT2D eigenvalue weighted by Gasteiger charge is -2.18. The van der Waals surface area contributed by atoms with Crippen LogP contribution in [0.3, 0.4) is 0 Å². The summed E-state index contributed by atoms with van der Waals surface area (Å²) in [6.07, 6.45) is 3.33. The zero-order valence-electron chi connectivity index (χ0n) is 11.1. The molecule has 2 rings (SSSR count). The Morgan fingerprint density at radius 1 is 1.53 bits per heavy atom. The number of nitro benzene ring substituents is 1. The van der Waals surface area contributed by atoms with Gasteiger partial charge < -0.3 is 5.32 Å². The number of benzene rings is 1. The van der Waals surface area contributed by atoms with Crippen molar-refractivity contribution < 1.29 is 4.92 Å². The first-order valence-corrected chi connectivity index (χ1v) is 6.36. The second-order valence-corrected chi connectivity index (χ2v) is 5.85. The monoisotopic (exact) mass is 259 g/mol.